The normalized spacial score (nSPS) is 20.5. The van der Waals surface area contributed by atoms with Crippen molar-refractivity contribution in [1.29, 1.82) is 0 Å². The Morgan fingerprint density at radius 1 is 1.00 bits per heavy atom. The standard InChI is InChI=1S/C16H17NO.ClH/c1-17-15-11-12-7-5-6-10-14(12)16(15)18-13-8-3-2-4-9-13;/h2-10,15-17H,11H2,1H3;1H. The van der Waals surface area contributed by atoms with Crippen LogP contribution in [-0.2, 0) is 6.42 Å². The average Bonchev–Trinajstić information content (AvgIpc) is 2.78. The molecular weight excluding hydrogens is 258 g/mol. The highest BCUT2D eigenvalue weighted by molar-refractivity contribution is 5.85. The molecule has 0 fully saturated rings. The van der Waals surface area contributed by atoms with E-state index >= 15 is 0 Å². The zero-order valence-electron chi connectivity index (χ0n) is 10.9. The number of nitrogens with one attached hydrogen (secondary N) is 1. The van der Waals surface area contributed by atoms with Gasteiger partial charge < -0.3 is 10.1 Å². The van der Waals surface area contributed by atoms with E-state index in [1.807, 2.05) is 37.4 Å². The summed E-state index contributed by atoms with van der Waals surface area (Å²) in [6.07, 6.45) is 1.14. The second-order valence-electron chi connectivity index (χ2n) is 4.65. The molecule has 19 heavy (non-hydrogen) atoms. The van der Waals surface area contributed by atoms with Crippen LogP contribution in [0.3, 0.4) is 0 Å². The number of benzene rings is 2. The molecule has 1 aliphatic rings. The van der Waals surface area contributed by atoms with Crippen molar-refractivity contribution in [3.8, 4) is 5.75 Å². The molecule has 0 aromatic heterocycles. The highest BCUT2D eigenvalue weighted by atomic mass is 35.5. The number of para-hydroxylation sites is 1. The van der Waals surface area contributed by atoms with E-state index in [1.54, 1.807) is 0 Å². The fourth-order valence-corrected chi connectivity index (χ4v) is 2.60. The predicted octanol–water partition coefficient (Wildman–Crippen LogP) is 3.37. The molecule has 1 N–H and O–H groups in total. The van der Waals surface area contributed by atoms with Crippen LogP contribution in [0.15, 0.2) is 54.6 Å². The van der Waals surface area contributed by atoms with Gasteiger partial charge in [-0.3, -0.25) is 0 Å². The molecule has 0 radical (unpaired) electrons. The maximum atomic E-state index is 6.14. The SMILES string of the molecule is CNC1Cc2ccccc2C1Oc1ccccc1.Cl. The molecule has 0 saturated heterocycles. The maximum absolute atomic E-state index is 6.14. The minimum Gasteiger partial charge on any atom is -0.484 e. The first-order valence-corrected chi connectivity index (χ1v) is 6.35. The molecule has 0 aliphatic heterocycles. The van der Waals surface area contributed by atoms with Crippen LogP contribution in [0.1, 0.15) is 17.2 Å². The topological polar surface area (TPSA) is 21.3 Å². The lowest BCUT2D eigenvalue weighted by molar-refractivity contribution is 0.172. The summed E-state index contributed by atoms with van der Waals surface area (Å²) in [5.41, 5.74) is 2.69. The third-order valence-electron chi connectivity index (χ3n) is 3.54. The Hall–Kier alpha value is -1.51. The maximum Gasteiger partial charge on any atom is 0.140 e. The fraction of sp³-hybridized carbons (Fsp3) is 0.250. The lowest BCUT2D eigenvalue weighted by atomic mass is 10.1. The molecule has 2 atom stereocenters. The fourth-order valence-electron chi connectivity index (χ4n) is 2.60. The smallest absolute Gasteiger partial charge is 0.140 e. The molecule has 0 spiro atoms. The van der Waals surface area contributed by atoms with E-state index in [-0.39, 0.29) is 18.5 Å². The summed E-state index contributed by atoms with van der Waals surface area (Å²) in [5, 5.41) is 3.36. The molecule has 2 unspecified atom stereocenters. The molecule has 2 aromatic rings. The van der Waals surface area contributed by atoms with Crippen molar-refractivity contribution in [2.24, 2.45) is 0 Å². The van der Waals surface area contributed by atoms with E-state index in [0.29, 0.717) is 6.04 Å². The highest BCUT2D eigenvalue weighted by Gasteiger charge is 2.32. The van der Waals surface area contributed by atoms with Gasteiger partial charge in [-0.05, 0) is 36.7 Å². The first-order chi connectivity index (χ1) is 8.88. The van der Waals surface area contributed by atoms with Crippen molar-refractivity contribution in [2.75, 3.05) is 7.05 Å². The number of hydrogen-bond donors (Lipinski definition) is 1. The van der Waals surface area contributed by atoms with E-state index in [2.05, 4.69) is 29.6 Å². The second-order valence-corrected chi connectivity index (χ2v) is 4.65. The van der Waals surface area contributed by atoms with E-state index in [9.17, 15) is 0 Å². The monoisotopic (exact) mass is 275 g/mol. The molecule has 0 saturated carbocycles. The van der Waals surface area contributed by atoms with Crippen LogP contribution in [0.5, 0.6) is 5.75 Å². The van der Waals surface area contributed by atoms with Gasteiger partial charge in [-0.25, -0.2) is 0 Å². The summed E-state index contributed by atoms with van der Waals surface area (Å²) in [5.74, 6) is 0.930. The van der Waals surface area contributed by atoms with Crippen molar-refractivity contribution in [1.82, 2.24) is 5.32 Å². The van der Waals surface area contributed by atoms with Crippen molar-refractivity contribution < 1.29 is 4.74 Å². The molecule has 0 heterocycles. The third kappa shape index (κ3) is 2.75. The number of hydrogen-bond acceptors (Lipinski definition) is 2. The van der Waals surface area contributed by atoms with Crippen LogP contribution in [0.25, 0.3) is 0 Å². The molecule has 0 bridgehead atoms. The Morgan fingerprint density at radius 3 is 2.42 bits per heavy atom. The van der Waals surface area contributed by atoms with Crippen LogP contribution in [0.2, 0.25) is 0 Å². The highest BCUT2D eigenvalue weighted by Crippen LogP contribution is 2.34. The first-order valence-electron chi connectivity index (χ1n) is 6.35. The van der Waals surface area contributed by atoms with Gasteiger partial charge in [-0.15, -0.1) is 12.4 Å². The van der Waals surface area contributed by atoms with E-state index in [0.717, 1.165) is 12.2 Å². The summed E-state index contributed by atoms with van der Waals surface area (Å²) in [6, 6.07) is 18.9. The molecular formula is C16H18ClNO. The van der Waals surface area contributed by atoms with E-state index < -0.39 is 0 Å². The third-order valence-corrected chi connectivity index (χ3v) is 3.54. The van der Waals surface area contributed by atoms with Crippen LogP contribution in [0.4, 0.5) is 0 Å². The largest absolute Gasteiger partial charge is 0.484 e. The molecule has 100 valence electrons. The van der Waals surface area contributed by atoms with Gasteiger partial charge in [0.15, 0.2) is 0 Å². The Balaban J connectivity index is 0.00000133. The first kappa shape index (κ1) is 13.9. The number of rotatable bonds is 3. The van der Waals surface area contributed by atoms with Gasteiger partial charge in [0.25, 0.3) is 0 Å². The van der Waals surface area contributed by atoms with Crippen molar-refractivity contribution >= 4 is 12.4 Å². The molecule has 2 nitrogen and oxygen atoms in total. The van der Waals surface area contributed by atoms with Crippen molar-refractivity contribution in [2.45, 2.75) is 18.6 Å². The minimum absolute atomic E-state index is 0. The van der Waals surface area contributed by atoms with Gasteiger partial charge in [0.1, 0.15) is 11.9 Å². The molecule has 0 amide bonds. The van der Waals surface area contributed by atoms with Crippen molar-refractivity contribution in [3.63, 3.8) is 0 Å². The summed E-state index contributed by atoms with van der Waals surface area (Å²) >= 11 is 0. The van der Waals surface area contributed by atoms with Crippen molar-refractivity contribution in [3.05, 3.63) is 65.7 Å². The quantitative estimate of drug-likeness (QED) is 0.927. The van der Waals surface area contributed by atoms with Crippen LogP contribution < -0.4 is 10.1 Å². The molecule has 2 aromatic carbocycles. The summed E-state index contributed by atoms with van der Waals surface area (Å²) in [7, 11) is 2.00. The van der Waals surface area contributed by atoms with Crippen LogP contribution in [-0.4, -0.2) is 13.1 Å². The number of ether oxygens (including phenoxy) is 1. The zero-order valence-corrected chi connectivity index (χ0v) is 11.7. The number of likely N-dealkylation sites (N-methyl/N-ethyl adjacent to an activating group) is 1. The van der Waals surface area contributed by atoms with E-state index in [1.165, 1.54) is 11.1 Å². The zero-order chi connectivity index (χ0) is 12.4. The minimum atomic E-state index is 0. The summed E-state index contributed by atoms with van der Waals surface area (Å²) in [4.78, 5) is 0. The molecule has 1 aliphatic carbocycles. The Morgan fingerprint density at radius 2 is 1.68 bits per heavy atom. The number of fused-ring (bicyclic) bond motifs is 1. The van der Waals surface area contributed by atoms with Gasteiger partial charge in [0.05, 0.1) is 6.04 Å². The predicted molar refractivity (Wildman–Crippen MR) is 80.1 cm³/mol. The summed E-state index contributed by atoms with van der Waals surface area (Å²) < 4.78 is 6.14. The Bertz CT molecular complexity index is 529. The Kier molecular flexibility index (Phi) is 4.46. The van der Waals surface area contributed by atoms with Gasteiger partial charge in [0.2, 0.25) is 0 Å². The Labute approximate surface area is 120 Å². The van der Waals surface area contributed by atoms with Crippen LogP contribution in [0, 0.1) is 0 Å². The van der Waals surface area contributed by atoms with Gasteiger partial charge in [0, 0.05) is 0 Å². The van der Waals surface area contributed by atoms with E-state index in [4.69, 9.17) is 4.74 Å². The van der Waals surface area contributed by atoms with Crippen LogP contribution >= 0.6 is 12.4 Å². The molecule has 3 rings (SSSR count). The van der Waals surface area contributed by atoms with Gasteiger partial charge >= 0.3 is 0 Å². The van der Waals surface area contributed by atoms with Gasteiger partial charge in [-0.2, -0.15) is 0 Å². The molecule has 3 heteroatoms. The average molecular weight is 276 g/mol. The second kappa shape index (κ2) is 6.09. The lowest BCUT2D eigenvalue weighted by Gasteiger charge is -2.21. The summed E-state index contributed by atoms with van der Waals surface area (Å²) in [6.45, 7) is 0. The lowest BCUT2D eigenvalue weighted by Crippen LogP contribution is -2.32. The number of halogens is 1. The van der Waals surface area contributed by atoms with Gasteiger partial charge in [-0.1, -0.05) is 42.5 Å².